The molecule has 2 N–H and O–H groups in total. The molecule has 0 aliphatic rings. The quantitative estimate of drug-likeness (QED) is 0.506. The lowest BCUT2D eigenvalue weighted by atomic mass is 10.0. The molecular formula is C16H23N3O2. The fraction of sp³-hybridized carbons (Fsp3) is 0.438. The molecule has 0 heterocycles. The van der Waals surface area contributed by atoms with E-state index in [-0.39, 0.29) is 6.04 Å². The van der Waals surface area contributed by atoms with Gasteiger partial charge in [-0.3, -0.25) is 9.59 Å². The monoisotopic (exact) mass is 289 g/mol. The van der Waals surface area contributed by atoms with Crippen LogP contribution in [-0.4, -0.2) is 23.6 Å². The summed E-state index contributed by atoms with van der Waals surface area (Å²) in [6.07, 6.45) is 0. The lowest BCUT2D eigenvalue weighted by Gasteiger charge is -2.08. The van der Waals surface area contributed by atoms with Gasteiger partial charge in [0.2, 0.25) is 0 Å². The third kappa shape index (κ3) is 5.38. The zero-order valence-corrected chi connectivity index (χ0v) is 13.2. The molecule has 0 aromatic heterocycles. The molecule has 0 bridgehead atoms. The van der Waals surface area contributed by atoms with Crippen molar-refractivity contribution in [3.63, 3.8) is 0 Å². The lowest BCUT2D eigenvalue weighted by Crippen LogP contribution is -2.41. The van der Waals surface area contributed by atoms with Gasteiger partial charge in [-0.25, -0.2) is 5.43 Å². The van der Waals surface area contributed by atoms with Crippen LogP contribution < -0.4 is 10.7 Å². The third-order valence-corrected chi connectivity index (χ3v) is 2.95. The van der Waals surface area contributed by atoms with E-state index in [2.05, 4.69) is 29.7 Å². The molecule has 5 nitrogen and oxygen atoms in total. The Labute approximate surface area is 125 Å². The van der Waals surface area contributed by atoms with Gasteiger partial charge in [-0.2, -0.15) is 5.10 Å². The van der Waals surface area contributed by atoms with Gasteiger partial charge in [-0.05, 0) is 37.8 Å². The van der Waals surface area contributed by atoms with Gasteiger partial charge < -0.3 is 5.32 Å². The lowest BCUT2D eigenvalue weighted by molar-refractivity contribution is -0.139. The number of rotatable bonds is 4. The van der Waals surface area contributed by atoms with Gasteiger partial charge in [0.15, 0.2) is 0 Å². The van der Waals surface area contributed by atoms with Crippen molar-refractivity contribution in [1.29, 1.82) is 0 Å². The summed E-state index contributed by atoms with van der Waals surface area (Å²) in [5.74, 6) is -0.978. The van der Waals surface area contributed by atoms with Crippen molar-refractivity contribution in [3.8, 4) is 0 Å². The van der Waals surface area contributed by atoms with Crippen molar-refractivity contribution in [3.05, 3.63) is 35.4 Å². The highest BCUT2D eigenvalue weighted by molar-refractivity contribution is 6.35. The van der Waals surface area contributed by atoms with E-state index in [4.69, 9.17) is 0 Å². The van der Waals surface area contributed by atoms with Crippen molar-refractivity contribution in [1.82, 2.24) is 10.7 Å². The fourth-order valence-electron chi connectivity index (χ4n) is 1.69. The molecule has 0 spiro atoms. The number of hydrogen-bond donors (Lipinski definition) is 2. The van der Waals surface area contributed by atoms with Crippen molar-refractivity contribution >= 4 is 17.5 Å². The minimum atomic E-state index is -0.762. The molecule has 0 atom stereocenters. The van der Waals surface area contributed by atoms with Crippen molar-refractivity contribution in [2.45, 2.75) is 46.6 Å². The highest BCUT2D eigenvalue weighted by Crippen LogP contribution is 2.14. The Morgan fingerprint density at radius 3 is 2.05 bits per heavy atom. The van der Waals surface area contributed by atoms with Crippen LogP contribution in [0.25, 0.3) is 0 Å². The normalized spacial score (nSPS) is 11.7. The molecule has 5 heteroatoms. The summed E-state index contributed by atoms with van der Waals surface area (Å²) in [7, 11) is 0. The van der Waals surface area contributed by atoms with E-state index in [0.29, 0.717) is 11.6 Å². The van der Waals surface area contributed by atoms with Gasteiger partial charge in [-0.15, -0.1) is 0 Å². The summed E-state index contributed by atoms with van der Waals surface area (Å²) in [6.45, 7) is 9.62. The Balaban J connectivity index is 2.68. The Hall–Kier alpha value is -2.17. The summed E-state index contributed by atoms with van der Waals surface area (Å²) in [4.78, 5) is 23.0. The molecule has 1 rings (SSSR count). The van der Waals surface area contributed by atoms with E-state index in [1.54, 1.807) is 20.8 Å². The van der Waals surface area contributed by atoms with Crippen molar-refractivity contribution in [2.75, 3.05) is 0 Å². The van der Waals surface area contributed by atoms with E-state index >= 15 is 0 Å². The van der Waals surface area contributed by atoms with Gasteiger partial charge in [-0.1, -0.05) is 38.1 Å². The number of carbonyl (C=O) groups excluding carboxylic acids is 2. The van der Waals surface area contributed by atoms with Crippen LogP contribution in [0, 0.1) is 0 Å². The van der Waals surface area contributed by atoms with Crippen molar-refractivity contribution < 1.29 is 9.59 Å². The largest absolute Gasteiger partial charge is 0.346 e. The Kier molecular flexibility index (Phi) is 6.09. The number of nitrogens with zero attached hydrogens (tertiary/aromatic N) is 1. The summed E-state index contributed by atoms with van der Waals surface area (Å²) >= 11 is 0. The zero-order chi connectivity index (χ0) is 16.0. The Morgan fingerprint density at radius 2 is 1.57 bits per heavy atom. The summed E-state index contributed by atoms with van der Waals surface area (Å²) in [6, 6.07) is 7.89. The standard InChI is InChI=1S/C16H23N3O2/c1-10(2)13-6-8-14(9-7-13)12(5)18-19-16(21)15(20)17-11(3)4/h6-11H,1-5H3,(H,17,20)(H,19,21)/b18-12-. The SMILES string of the molecule is C/C(=N/NC(=O)C(=O)NC(C)C)c1ccc(C(C)C)cc1. The van der Waals surface area contributed by atoms with Crippen LogP contribution in [0.4, 0.5) is 0 Å². The smallest absolute Gasteiger partial charge is 0.329 e. The minimum Gasteiger partial charge on any atom is -0.346 e. The molecule has 0 fully saturated rings. The van der Waals surface area contributed by atoms with Gasteiger partial charge in [0.1, 0.15) is 0 Å². The molecule has 0 radical (unpaired) electrons. The number of benzene rings is 1. The second-order valence-electron chi connectivity index (χ2n) is 5.54. The number of hydrazone groups is 1. The minimum absolute atomic E-state index is 0.0862. The maximum atomic E-state index is 11.5. The van der Waals surface area contributed by atoms with E-state index in [1.807, 2.05) is 24.3 Å². The van der Waals surface area contributed by atoms with E-state index < -0.39 is 11.8 Å². The van der Waals surface area contributed by atoms with Crippen molar-refractivity contribution in [2.24, 2.45) is 5.10 Å². The number of carbonyl (C=O) groups is 2. The second-order valence-corrected chi connectivity index (χ2v) is 5.54. The molecule has 0 saturated carbocycles. The number of hydrogen-bond acceptors (Lipinski definition) is 3. The predicted octanol–water partition coefficient (Wildman–Crippen LogP) is 2.17. The highest BCUT2D eigenvalue weighted by atomic mass is 16.2. The average Bonchev–Trinajstić information content (AvgIpc) is 2.43. The first kappa shape index (κ1) is 16.9. The molecular weight excluding hydrogens is 266 g/mol. The Bertz CT molecular complexity index is 531. The van der Waals surface area contributed by atoms with Crippen LogP contribution >= 0.6 is 0 Å². The molecule has 0 unspecified atom stereocenters. The molecule has 2 amide bonds. The van der Waals surface area contributed by atoms with Crippen LogP contribution in [0.3, 0.4) is 0 Å². The van der Waals surface area contributed by atoms with Crippen LogP contribution in [0.1, 0.15) is 51.7 Å². The van der Waals surface area contributed by atoms with Crippen LogP contribution in [-0.2, 0) is 9.59 Å². The summed E-state index contributed by atoms with van der Waals surface area (Å²) in [5, 5.41) is 6.46. The maximum absolute atomic E-state index is 11.5. The number of nitrogens with one attached hydrogen (secondary N) is 2. The first-order valence-electron chi connectivity index (χ1n) is 7.06. The first-order valence-corrected chi connectivity index (χ1v) is 7.06. The molecule has 0 aliphatic carbocycles. The second kappa shape index (κ2) is 7.57. The topological polar surface area (TPSA) is 70.6 Å². The molecule has 0 aliphatic heterocycles. The van der Waals surface area contributed by atoms with Gasteiger partial charge >= 0.3 is 11.8 Å². The van der Waals surface area contributed by atoms with E-state index in [0.717, 1.165) is 5.56 Å². The molecule has 0 saturated heterocycles. The molecule has 21 heavy (non-hydrogen) atoms. The molecule has 114 valence electrons. The van der Waals surface area contributed by atoms with E-state index in [1.165, 1.54) is 5.56 Å². The molecule has 1 aromatic rings. The average molecular weight is 289 g/mol. The predicted molar refractivity (Wildman–Crippen MR) is 84.2 cm³/mol. The van der Waals surface area contributed by atoms with Gasteiger partial charge in [0.05, 0.1) is 5.71 Å². The maximum Gasteiger partial charge on any atom is 0.329 e. The molecule has 1 aromatic carbocycles. The summed E-state index contributed by atoms with van der Waals surface area (Å²) < 4.78 is 0. The van der Waals surface area contributed by atoms with Gasteiger partial charge in [0.25, 0.3) is 0 Å². The fourth-order valence-corrected chi connectivity index (χ4v) is 1.69. The van der Waals surface area contributed by atoms with E-state index in [9.17, 15) is 9.59 Å². The van der Waals surface area contributed by atoms with Crippen LogP contribution in [0.2, 0.25) is 0 Å². The third-order valence-electron chi connectivity index (χ3n) is 2.95. The zero-order valence-electron chi connectivity index (χ0n) is 13.2. The highest BCUT2D eigenvalue weighted by Gasteiger charge is 2.13. The van der Waals surface area contributed by atoms with Crippen LogP contribution in [0.5, 0.6) is 0 Å². The van der Waals surface area contributed by atoms with Crippen LogP contribution in [0.15, 0.2) is 29.4 Å². The number of amides is 2. The Morgan fingerprint density at radius 1 is 1.00 bits per heavy atom. The summed E-state index contributed by atoms with van der Waals surface area (Å²) in [5.41, 5.74) is 5.06. The van der Waals surface area contributed by atoms with Gasteiger partial charge in [0, 0.05) is 6.04 Å². The first-order chi connectivity index (χ1) is 9.81.